The first kappa shape index (κ1) is 16.4. The maximum Gasteiger partial charge on any atom is 0.261 e. The highest BCUT2D eigenvalue weighted by Gasteiger charge is 2.09. The molecule has 128 valence electrons. The van der Waals surface area contributed by atoms with E-state index in [1.807, 2.05) is 73.7 Å². The maximum absolute atomic E-state index is 5.91. The van der Waals surface area contributed by atoms with Crippen molar-refractivity contribution in [2.45, 2.75) is 17.0 Å². The van der Waals surface area contributed by atoms with E-state index in [9.17, 15) is 0 Å². The number of pyridine rings is 1. The topological polar surface area (TPSA) is 51.0 Å². The van der Waals surface area contributed by atoms with E-state index in [0.29, 0.717) is 5.22 Å². The number of aryl methyl sites for hydroxylation is 1. The molecule has 4 nitrogen and oxygen atoms in total. The second kappa shape index (κ2) is 7.45. The van der Waals surface area contributed by atoms with Gasteiger partial charge in [-0.2, -0.15) is 0 Å². The highest BCUT2D eigenvalue weighted by molar-refractivity contribution is 7.99. The molecule has 5 heteroatoms. The number of nitrogens with one attached hydrogen (secondary N) is 1. The predicted octanol–water partition coefficient (Wildman–Crippen LogP) is 5.94. The van der Waals surface area contributed by atoms with Crippen molar-refractivity contribution in [3.05, 3.63) is 84.7 Å². The van der Waals surface area contributed by atoms with Crippen molar-refractivity contribution in [1.29, 1.82) is 0 Å². The average molecular weight is 359 g/mol. The van der Waals surface area contributed by atoms with Crippen molar-refractivity contribution in [3.8, 4) is 11.3 Å². The summed E-state index contributed by atoms with van der Waals surface area (Å²) in [6.45, 7) is 2.05. The van der Waals surface area contributed by atoms with Gasteiger partial charge in [-0.05, 0) is 60.6 Å². The standard InChI is InChI=1S/C21H17N3OS/c1-15-10-11-22-20(12-15)24-17-7-5-6-16(13-17)19-14-23-21(25-19)26-18-8-3-2-4-9-18/h2-14H,1H3,(H,22,24). The maximum atomic E-state index is 5.91. The van der Waals surface area contributed by atoms with Crippen LogP contribution in [0.25, 0.3) is 11.3 Å². The van der Waals surface area contributed by atoms with Gasteiger partial charge in [0.25, 0.3) is 5.22 Å². The minimum absolute atomic E-state index is 0.630. The van der Waals surface area contributed by atoms with Gasteiger partial charge in [0.1, 0.15) is 5.82 Å². The monoisotopic (exact) mass is 359 g/mol. The normalized spacial score (nSPS) is 10.7. The predicted molar refractivity (Wildman–Crippen MR) is 105 cm³/mol. The van der Waals surface area contributed by atoms with Crippen molar-refractivity contribution in [2.24, 2.45) is 0 Å². The van der Waals surface area contributed by atoms with Crippen LogP contribution in [-0.4, -0.2) is 9.97 Å². The Morgan fingerprint density at radius 1 is 0.923 bits per heavy atom. The minimum Gasteiger partial charge on any atom is -0.431 e. The first-order valence-electron chi connectivity index (χ1n) is 8.25. The Balaban J connectivity index is 1.53. The lowest BCUT2D eigenvalue weighted by atomic mass is 10.1. The molecule has 0 saturated carbocycles. The molecule has 1 N–H and O–H groups in total. The molecule has 0 bridgehead atoms. The van der Waals surface area contributed by atoms with E-state index < -0.39 is 0 Å². The second-order valence-corrected chi connectivity index (χ2v) is 6.85. The highest BCUT2D eigenvalue weighted by atomic mass is 32.2. The van der Waals surface area contributed by atoms with Crippen molar-refractivity contribution in [1.82, 2.24) is 9.97 Å². The zero-order valence-corrected chi connectivity index (χ0v) is 15.0. The van der Waals surface area contributed by atoms with Gasteiger partial charge in [0.2, 0.25) is 0 Å². The summed E-state index contributed by atoms with van der Waals surface area (Å²) in [5.74, 6) is 1.56. The van der Waals surface area contributed by atoms with E-state index in [1.54, 1.807) is 12.4 Å². The fourth-order valence-electron chi connectivity index (χ4n) is 2.53. The van der Waals surface area contributed by atoms with Crippen molar-refractivity contribution in [3.63, 3.8) is 0 Å². The van der Waals surface area contributed by atoms with E-state index in [0.717, 1.165) is 33.3 Å². The third kappa shape index (κ3) is 3.95. The number of rotatable bonds is 5. The molecule has 2 aromatic heterocycles. The Kier molecular flexibility index (Phi) is 4.71. The van der Waals surface area contributed by atoms with Gasteiger partial charge in [0.05, 0.1) is 6.20 Å². The summed E-state index contributed by atoms with van der Waals surface area (Å²) in [7, 11) is 0. The van der Waals surface area contributed by atoms with Crippen LogP contribution in [-0.2, 0) is 0 Å². The number of aromatic nitrogens is 2. The Labute approximate surface area is 156 Å². The lowest BCUT2D eigenvalue weighted by Gasteiger charge is -2.07. The van der Waals surface area contributed by atoms with E-state index in [4.69, 9.17) is 4.42 Å². The highest BCUT2D eigenvalue weighted by Crippen LogP contribution is 2.31. The van der Waals surface area contributed by atoms with Crippen LogP contribution in [0.15, 0.2) is 93.7 Å². The fraction of sp³-hybridized carbons (Fsp3) is 0.0476. The molecule has 0 atom stereocenters. The van der Waals surface area contributed by atoms with Crippen LogP contribution in [0.3, 0.4) is 0 Å². The average Bonchev–Trinajstić information content (AvgIpc) is 3.11. The van der Waals surface area contributed by atoms with Crippen molar-refractivity contribution in [2.75, 3.05) is 5.32 Å². The first-order valence-corrected chi connectivity index (χ1v) is 9.07. The van der Waals surface area contributed by atoms with E-state index in [1.165, 1.54) is 11.8 Å². The third-order valence-corrected chi connectivity index (χ3v) is 4.64. The second-order valence-electron chi connectivity index (χ2n) is 5.83. The Morgan fingerprint density at radius 3 is 2.65 bits per heavy atom. The first-order chi connectivity index (χ1) is 12.8. The molecule has 2 aromatic carbocycles. The van der Waals surface area contributed by atoms with Crippen LogP contribution in [0, 0.1) is 6.92 Å². The smallest absolute Gasteiger partial charge is 0.261 e. The fourth-order valence-corrected chi connectivity index (χ4v) is 3.26. The van der Waals surface area contributed by atoms with Crippen LogP contribution in [0.4, 0.5) is 11.5 Å². The zero-order chi connectivity index (χ0) is 17.8. The number of hydrogen-bond donors (Lipinski definition) is 1. The van der Waals surface area contributed by atoms with Gasteiger partial charge in [-0.15, -0.1) is 0 Å². The molecule has 2 heterocycles. The van der Waals surface area contributed by atoms with Crippen LogP contribution in [0.2, 0.25) is 0 Å². The van der Waals surface area contributed by atoms with E-state index >= 15 is 0 Å². The van der Waals surface area contributed by atoms with Gasteiger partial charge < -0.3 is 9.73 Å². The Hall–Kier alpha value is -3.05. The quantitative estimate of drug-likeness (QED) is 0.478. The molecule has 4 aromatic rings. The summed E-state index contributed by atoms with van der Waals surface area (Å²) in [6.07, 6.45) is 3.56. The van der Waals surface area contributed by atoms with Crippen LogP contribution < -0.4 is 5.32 Å². The van der Waals surface area contributed by atoms with E-state index in [2.05, 4.69) is 15.3 Å². The molecule has 0 unspecified atom stereocenters. The number of anilines is 2. The molecule has 26 heavy (non-hydrogen) atoms. The van der Waals surface area contributed by atoms with Gasteiger partial charge >= 0.3 is 0 Å². The summed E-state index contributed by atoms with van der Waals surface area (Å²) < 4.78 is 5.91. The largest absolute Gasteiger partial charge is 0.431 e. The third-order valence-electron chi connectivity index (χ3n) is 3.77. The number of benzene rings is 2. The van der Waals surface area contributed by atoms with Gasteiger partial charge in [0, 0.05) is 22.3 Å². The van der Waals surface area contributed by atoms with Gasteiger partial charge in [-0.1, -0.05) is 30.3 Å². The molecule has 0 radical (unpaired) electrons. The zero-order valence-electron chi connectivity index (χ0n) is 14.2. The number of hydrogen-bond acceptors (Lipinski definition) is 5. The van der Waals surface area contributed by atoms with E-state index in [-0.39, 0.29) is 0 Å². The molecule has 0 aliphatic heterocycles. The molecule has 0 aliphatic rings. The van der Waals surface area contributed by atoms with Gasteiger partial charge in [-0.3, -0.25) is 0 Å². The van der Waals surface area contributed by atoms with Crippen LogP contribution >= 0.6 is 11.8 Å². The van der Waals surface area contributed by atoms with Crippen molar-refractivity contribution >= 4 is 23.3 Å². The molecule has 0 saturated heterocycles. The summed E-state index contributed by atoms with van der Waals surface area (Å²) in [6, 6.07) is 22.1. The molecule has 0 spiro atoms. The molecular formula is C21H17N3OS. The Bertz CT molecular complexity index is 1010. The molecule has 0 aliphatic carbocycles. The SMILES string of the molecule is Cc1ccnc(Nc2cccc(-c3cnc(Sc4ccccc4)o3)c2)c1. The molecule has 0 fully saturated rings. The van der Waals surface area contributed by atoms with Gasteiger partial charge in [-0.25, -0.2) is 9.97 Å². The summed E-state index contributed by atoms with van der Waals surface area (Å²) in [5, 5.41) is 3.95. The molecule has 0 amide bonds. The molecule has 4 rings (SSSR count). The summed E-state index contributed by atoms with van der Waals surface area (Å²) >= 11 is 1.51. The van der Waals surface area contributed by atoms with Crippen LogP contribution in [0.5, 0.6) is 0 Å². The number of nitrogens with zero attached hydrogens (tertiary/aromatic N) is 2. The summed E-state index contributed by atoms with van der Waals surface area (Å²) in [4.78, 5) is 9.81. The Morgan fingerprint density at radius 2 is 1.81 bits per heavy atom. The summed E-state index contributed by atoms with van der Waals surface area (Å²) in [5.41, 5.74) is 3.08. The van der Waals surface area contributed by atoms with Gasteiger partial charge in [0.15, 0.2) is 5.76 Å². The van der Waals surface area contributed by atoms with Crippen LogP contribution in [0.1, 0.15) is 5.56 Å². The minimum atomic E-state index is 0.630. The number of oxazole rings is 1. The lowest BCUT2D eigenvalue weighted by Crippen LogP contribution is -1.93. The lowest BCUT2D eigenvalue weighted by molar-refractivity contribution is 0.466. The molecular weight excluding hydrogens is 342 g/mol. The van der Waals surface area contributed by atoms with Crippen molar-refractivity contribution < 1.29 is 4.42 Å².